The highest BCUT2D eigenvalue weighted by Crippen LogP contribution is 2.34. The van der Waals surface area contributed by atoms with Crippen molar-refractivity contribution in [1.29, 1.82) is 0 Å². The highest BCUT2D eigenvalue weighted by atomic mass is 32.2. The number of piperidine rings is 1. The van der Waals surface area contributed by atoms with Crippen LogP contribution in [0.5, 0.6) is 0 Å². The Kier molecular flexibility index (Phi) is 5.18. The van der Waals surface area contributed by atoms with Crippen LogP contribution in [0.4, 0.5) is 19.3 Å². The van der Waals surface area contributed by atoms with Gasteiger partial charge in [0.25, 0.3) is 10.0 Å². The number of benzene rings is 1. The number of anilines is 1. The number of cyclic esters (lactones) is 1. The molecule has 2 aromatic rings. The topological polar surface area (TPSA) is 83.1 Å². The summed E-state index contributed by atoms with van der Waals surface area (Å²) in [5.41, 5.74) is 0.652. The number of rotatable bonds is 3. The summed E-state index contributed by atoms with van der Waals surface area (Å²) in [7, 11) is -2.05. The van der Waals surface area contributed by atoms with Gasteiger partial charge in [-0.25, -0.2) is 22.0 Å². The van der Waals surface area contributed by atoms with Gasteiger partial charge in [0.1, 0.15) is 6.61 Å². The van der Waals surface area contributed by atoms with E-state index in [1.54, 1.807) is 18.1 Å². The summed E-state index contributed by atoms with van der Waals surface area (Å²) in [6.07, 6.45) is 3.55. The fraction of sp³-hybridized carbons (Fsp3) is 0.400. The van der Waals surface area contributed by atoms with Crippen molar-refractivity contribution >= 4 is 44.4 Å². The molecule has 32 heavy (non-hydrogen) atoms. The van der Waals surface area contributed by atoms with Gasteiger partial charge in [-0.15, -0.1) is 0 Å². The minimum atomic E-state index is -3.78. The molecule has 3 aliphatic heterocycles. The van der Waals surface area contributed by atoms with E-state index in [-0.39, 0.29) is 30.4 Å². The van der Waals surface area contributed by atoms with Crippen LogP contribution in [0, 0.1) is 11.6 Å². The number of nitrogens with zero attached hydrogens (tertiary/aromatic N) is 4. The SMILES string of the molecule is CN1CC=c2sncc2=C1S(=O)(=O)N1CCC(N2C(=O)OCc3cc(F)c(F)cc32)CC1. The second kappa shape index (κ2) is 7.78. The molecule has 0 atom stereocenters. The average Bonchev–Trinajstić information content (AvgIpc) is 3.23. The molecule has 0 saturated carbocycles. The van der Waals surface area contributed by atoms with Gasteiger partial charge < -0.3 is 9.64 Å². The van der Waals surface area contributed by atoms with E-state index in [9.17, 15) is 22.0 Å². The van der Waals surface area contributed by atoms with E-state index in [2.05, 4.69) is 4.37 Å². The highest BCUT2D eigenvalue weighted by molar-refractivity contribution is 7.97. The molecular weight excluding hydrogens is 462 g/mol. The summed E-state index contributed by atoms with van der Waals surface area (Å²) in [5, 5.41) is 0.819. The molecular formula is C20H20F2N4O4S2. The van der Waals surface area contributed by atoms with Gasteiger partial charge in [0.15, 0.2) is 16.7 Å². The van der Waals surface area contributed by atoms with E-state index in [1.807, 2.05) is 6.08 Å². The van der Waals surface area contributed by atoms with Gasteiger partial charge in [-0.2, -0.15) is 8.68 Å². The van der Waals surface area contributed by atoms with Crippen LogP contribution in [0.1, 0.15) is 18.4 Å². The van der Waals surface area contributed by atoms with E-state index in [0.717, 1.165) is 16.7 Å². The first-order valence-electron chi connectivity index (χ1n) is 10.1. The normalized spacial score (nSPS) is 20.0. The number of fused-ring (bicyclic) bond motifs is 2. The van der Waals surface area contributed by atoms with E-state index in [4.69, 9.17) is 4.74 Å². The number of hydrogen-bond acceptors (Lipinski definition) is 7. The number of hydrogen-bond donors (Lipinski definition) is 0. The zero-order valence-electron chi connectivity index (χ0n) is 17.1. The van der Waals surface area contributed by atoms with Crippen LogP contribution < -0.4 is 14.7 Å². The maximum absolute atomic E-state index is 13.9. The molecule has 1 aromatic heterocycles. The Morgan fingerprint density at radius 3 is 2.66 bits per heavy atom. The third-order valence-corrected chi connectivity index (χ3v) is 8.89. The third kappa shape index (κ3) is 3.37. The Hall–Kier alpha value is -2.57. The quantitative estimate of drug-likeness (QED) is 0.653. The van der Waals surface area contributed by atoms with Crippen LogP contribution >= 0.6 is 11.5 Å². The van der Waals surface area contributed by atoms with E-state index < -0.39 is 33.8 Å². The summed E-state index contributed by atoms with van der Waals surface area (Å²) < 4.78 is 65.9. The molecule has 1 aromatic carbocycles. The lowest BCUT2D eigenvalue weighted by Crippen LogP contribution is -2.52. The van der Waals surface area contributed by atoms with Gasteiger partial charge in [0, 0.05) is 49.6 Å². The molecule has 0 N–H and O–H groups in total. The zero-order valence-corrected chi connectivity index (χ0v) is 18.8. The van der Waals surface area contributed by atoms with E-state index in [1.165, 1.54) is 20.7 Å². The van der Waals surface area contributed by atoms with Gasteiger partial charge in [0.2, 0.25) is 0 Å². The average molecular weight is 483 g/mol. The van der Waals surface area contributed by atoms with Crippen molar-refractivity contribution in [2.45, 2.75) is 25.5 Å². The summed E-state index contributed by atoms with van der Waals surface area (Å²) in [5.74, 6) is -2.05. The second-order valence-corrected chi connectivity index (χ2v) is 10.6. The Morgan fingerprint density at radius 2 is 1.91 bits per heavy atom. The number of carbonyl (C=O) groups is 1. The van der Waals surface area contributed by atoms with Crippen molar-refractivity contribution in [2.75, 3.05) is 31.6 Å². The first-order valence-corrected chi connectivity index (χ1v) is 12.3. The lowest BCUT2D eigenvalue weighted by molar-refractivity contribution is 0.135. The molecule has 1 amide bonds. The molecule has 12 heteroatoms. The van der Waals surface area contributed by atoms with Crippen molar-refractivity contribution < 1.29 is 26.7 Å². The number of carbonyl (C=O) groups excluding carboxylic acids is 1. The predicted molar refractivity (Wildman–Crippen MR) is 114 cm³/mol. The Balaban J connectivity index is 1.41. The Labute approximate surface area is 187 Å². The minimum Gasteiger partial charge on any atom is -0.444 e. The molecule has 0 aliphatic carbocycles. The Bertz CT molecular complexity index is 1320. The fourth-order valence-electron chi connectivity index (χ4n) is 4.43. The minimum absolute atomic E-state index is 0.131. The lowest BCUT2D eigenvalue weighted by atomic mass is 10.0. The van der Waals surface area contributed by atoms with Crippen molar-refractivity contribution in [1.82, 2.24) is 13.6 Å². The van der Waals surface area contributed by atoms with Crippen LogP contribution in [-0.2, 0) is 21.4 Å². The molecule has 170 valence electrons. The van der Waals surface area contributed by atoms with Gasteiger partial charge >= 0.3 is 6.09 Å². The second-order valence-electron chi connectivity index (χ2n) is 7.95. The zero-order chi connectivity index (χ0) is 22.6. The van der Waals surface area contributed by atoms with Crippen molar-refractivity contribution in [3.8, 4) is 0 Å². The number of ether oxygens (including phenoxy) is 1. The van der Waals surface area contributed by atoms with Gasteiger partial charge in [-0.05, 0) is 36.5 Å². The van der Waals surface area contributed by atoms with E-state index >= 15 is 0 Å². The molecule has 4 heterocycles. The summed E-state index contributed by atoms with van der Waals surface area (Å²) in [6.45, 7) is 0.708. The molecule has 0 spiro atoms. The van der Waals surface area contributed by atoms with Crippen LogP contribution in [0.3, 0.4) is 0 Å². The molecule has 1 fully saturated rings. The predicted octanol–water partition coefficient (Wildman–Crippen LogP) is 1.16. The summed E-state index contributed by atoms with van der Waals surface area (Å²) >= 11 is 1.26. The van der Waals surface area contributed by atoms with Crippen molar-refractivity contribution in [3.63, 3.8) is 0 Å². The molecule has 8 nitrogen and oxygen atoms in total. The molecule has 3 aliphatic rings. The Morgan fingerprint density at radius 1 is 1.19 bits per heavy atom. The largest absolute Gasteiger partial charge is 0.444 e. The monoisotopic (exact) mass is 482 g/mol. The lowest BCUT2D eigenvalue weighted by Gasteiger charge is -2.40. The third-order valence-electron chi connectivity index (χ3n) is 6.03. The van der Waals surface area contributed by atoms with Gasteiger partial charge in [0.05, 0.1) is 16.4 Å². The van der Waals surface area contributed by atoms with Crippen LogP contribution in [0.15, 0.2) is 18.3 Å². The number of amides is 1. The molecule has 1 saturated heterocycles. The smallest absolute Gasteiger partial charge is 0.414 e. The van der Waals surface area contributed by atoms with Crippen LogP contribution in [-0.4, -0.2) is 60.8 Å². The number of sulfonamides is 1. The van der Waals surface area contributed by atoms with E-state index in [0.29, 0.717) is 30.2 Å². The maximum Gasteiger partial charge on any atom is 0.414 e. The first-order chi connectivity index (χ1) is 15.3. The van der Waals surface area contributed by atoms with Gasteiger partial charge in [-0.3, -0.25) is 4.90 Å². The van der Waals surface area contributed by atoms with Gasteiger partial charge in [-0.1, -0.05) is 0 Å². The standard InChI is InChI=1S/C20H20F2N4O4S2/c1-24-5-4-18-14(10-23-31-18)19(24)32(28,29)25-6-2-13(3-7-25)26-17-9-16(22)15(21)8-12(17)11-30-20(26)27/h4,8-10,13H,2-3,5-7,11H2,1H3. The molecule has 0 bridgehead atoms. The molecule has 5 rings (SSSR count). The number of halogens is 2. The van der Waals surface area contributed by atoms with Crippen LogP contribution in [0.2, 0.25) is 0 Å². The maximum atomic E-state index is 13.9. The summed E-state index contributed by atoms with van der Waals surface area (Å²) in [6, 6.07) is 1.64. The highest BCUT2D eigenvalue weighted by Gasteiger charge is 2.39. The van der Waals surface area contributed by atoms with Crippen molar-refractivity contribution in [3.05, 3.63) is 45.3 Å². The first kappa shape index (κ1) is 21.3. The summed E-state index contributed by atoms with van der Waals surface area (Å²) in [4.78, 5) is 15.5. The van der Waals surface area contributed by atoms with Crippen molar-refractivity contribution in [2.24, 2.45) is 0 Å². The van der Waals surface area contributed by atoms with Crippen LogP contribution in [0.25, 0.3) is 11.1 Å². The fourth-order valence-corrected chi connectivity index (χ4v) is 7.01. The molecule has 0 radical (unpaired) electrons. The number of aromatic nitrogens is 1. The molecule has 0 unspecified atom stereocenters.